The van der Waals surface area contributed by atoms with Crippen LogP contribution in [0.25, 0.3) is 0 Å². The van der Waals surface area contributed by atoms with Gasteiger partial charge in [-0.05, 0) is 50.3 Å². The van der Waals surface area contributed by atoms with Crippen LogP contribution in [-0.4, -0.2) is 54.8 Å². The first-order valence-electron chi connectivity index (χ1n) is 10.4. The first kappa shape index (κ1) is 20.1. The maximum Gasteiger partial charge on any atom is 0.275 e. The van der Waals surface area contributed by atoms with Crippen LogP contribution < -0.4 is 20.9 Å². The molecule has 1 atom stereocenters. The van der Waals surface area contributed by atoms with Crippen LogP contribution in [0, 0.1) is 5.92 Å². The summed E-state index contributed by atoms with van der Waals surface area (Å²) in [7, 11) is 0. The van der Waals surface area contributed by atoms with Crippen molar-refractivity contribution < 1.29 is 9.90 Å². The SMILES string of the molecule is NCC1CCCN(c2nc(C(=O)Nc3ccccc3N3CCC(O)CC3)cs2)C1. The number of piperidine rings is 2. The van der Waals surface area contributed by atoms with E-state index in [1.165, 1.54) is 11.3 Å². The number of thiazole rings is 1. The van der Waals surface area contributed by atoms with Crippen LogP contribution in [0.5, 0.6) is 0 Å². The van der Waals surface area contributed by atoms with Crippen molar-refractivity contribution in [3.63, 3.8) is 0 Å². The highest BCUT2D eigenvalue weighted by Gasteiger charge is 2.23. The third-order valence-electron chi connectivity index (χ3n) is 5.80. The van der Waals surface area contributed by atoms with Gasteiger partial charge in [-0.25, -0.2) is 4.98 Å². The number of amides is 1. The van der Waals surface area contributed by atoms with Gasteiger partial charge in [-0.2, -0.15) is 0 Å². The Morgan fingerprint density at radius 2 is 2.00 bits per heavy atom. The molecule has 2 aromatic rings. The summed E-state index contributed by atoms with van der Waals surface area (Å²) in [6.45, 7) is 4.14. The number of rotatable bonds is 5. The fourth-order valence-electron chi connectivity index (χ4n) is 4.09. The standard InChI is InChI=1S/C21H29N5O2S/c22-12-15-4-3-9-26(13-15)21-24-18(14-29-21)20(28)23-17-5-1-2-6-19(17)25-10-7-16(27)8-11-25/h1-2,5-6,14-16,27H,3-4,7-13,22H2,(H,23,28). The molecular weight excluding hydrogens is 386 g/mol. The summed E-state index contributed by atoms with van der Waals surface area (Å²) in [5.41, 5.74) is 8.06. The fraction of sp³-hybridized carbons (Fsp3) is 0.524. The van der Waals surface area contributed by atoms with E-state index in [0.717, 1.165) is 68.4 Å². The maximum atomic E-state index is 12.9. The van der Waals surface area contributed by atoms with Crippen molar-refractivity contribution in [2.24, 2.45) is 11.7 Å². The largest absolute Gasteiger partial charge is 0.393 e. The number of benzene rings is 1. The number of hydrogen-bond acceptors (Lipinski definition) is 7. The lowest BCUT2D eigenvalue weighted by Crippen LogP contribution is -2.38. The number of nitrogens with one attached hydrogen (secondary N) is 1. The first-order chi connectivity index (χ1) is 14.1. The number of anilines is 3. The van der Waals surface area contributed by atoms with Crippen LogP contribution in [0.1, 0.15) is 36.2 Å². The molecule has 7 nitrogen and oxygen atoms in total. The van der Waals surface area contributed by atoms with Crippen molar-refractivity contribution in [1.29, 1.82) is 0 Å². The lowest BCUT2D eigenvalue weighted by Gasteiger charge is -2.32. The molecule has 0 radical (unpaired) electrons. The predicted molar refractivity (Wildman–Crippen MR) is 118 cm³/mol. The van der Waals surface area contributed by atoms with E-state index >= 15 is 0 Å². The van der Waals surface area contributed by atoms with Crippen LogP contribution in [0.3, 0.4) is 0 Å². The summed E-state index contributed by atoms with van der Waals surface area (Å²) in [5, 5.41) is 15.5. The maximum absolute atomic E-state index is 12.9. The molecule has 2 saturated heterocycles. The lowest BCUT2D eigenvalue weighted by atomic mass is 9.99. The van der Waals surface area contributed by atoms with Crippen LogP contribution in [-0.2, 0) is 0 Å². The van der Waals surface area contributed by atoms with E-state index in [4.69, 9.17) is 5.73 Å². The van der Waals surface area contributed by atoms with Gasteiger partial charge in [-0.1, -0.05) is 12.1 Å². The van der Waals surface area contributed by atoms with Crippen LogP contribution in [0.2, 0.25) is 0 Å². The van der Waals surface area contributed by atoms with Crippen molar-refractivity contribution in [3.05, 3.63) is 35.3 Å². The summed E-state index contributed by atoms with van der Waals surface area (Å²) in [6.07, 6.45) is 3.54. The molecule has 1 unspecified atom stereocenters. The van der Waals surface area contributed by atoms with Crippen molar-refractivity contribution >= 4 is 33.8 Å². The van der Waals surface area contributed by atoms with Gasteiger partial charge in [-0.15, -0.1) is 11.3 Å². The topological polar surface area (TPSA) is 94.7 Å². The predicted octanol–water partition coefficient (Wildman–Crippen LogP) is 2.53. The molecule has 0 saturated carbocycles. The smallest absolute Gasteiger partial charge is 0.275 e. The van der Waals surface area contributed by atoms with E-state index in [1.54, 1.807) is 0 Å². The number of hydrogen-bond donors (Lipinski definition) is 3. The van der Waals surface area contributed by atoms with Gasteiger partial charge >= 0.3 is 0 Å². The van der Waals surface area contributed by atoms with E-state index in [-0.39, 0.29) is 12.0 Å². The highest BCUT2D eigenvalue weighted by Crippen LogP contribution is 2.30. The second kappa shape index (κ2) is 9.11. The minimum absolute atomic E-state index is 0.190. The second-order valence-corrected chi connectivity index (χ2v) is 8.73. The van der Waals surface area contributed by atoms with E-state index in [0.29, 0.717) is 18.2 Å². The minimum atomic E-state index is -0.227. The highest BCUT2D eigenvalue weighted by molar-refractivity contribution is 7.14. The van der Waals surface area contributed by atoms with Crippen molar-refractivity contribution in [1.82, 2.24) is 4.98 Å². The molecule has 0 spiro atoms. The number of aliphatic hydroxyl groups is 1. The summed E-state index contributed by atoms with van der Waals surface area (Å²) in [4.78, 5) is 21.9. The van der Waals surface area contributed by atoms with Gasteiger partial charge in [-0.3, -0.25) is 4.79 Å². The summed E-state index contributed by atoms with van der Waals surface area (Å²) in [5.74, 6) is 0.309. The van der Waals surface area contributed by atoms with E-state index in [1.807, 2.05) is 29.6 Å². The molecular formula is C21H29N5O2S. The summed E-state index contributed by atoms with van der Waals surface area (Å²) in [6, 6.07) is 7.83. The third-order valence-corrected chi connectivity index (χ3v) is 6.71. The number of nitrogens with zero attached hydrogens (tertiary/aromatic N) is 3. The molecule has 4 rings (SSSR count). The van der Waals surface area contributed by atoms with Gasteiger partial charge in [0.25, 0.3) is 5.91 Å². The Morgan fingerprint density at radius 3 is 2.79 bits per heavy atom. The molecule has 4 N–H and O–H groups in total. The van der Waals surface area contributed by atoms with Crippen molar-refractivity contribution in [3.8, 4) is 0 Å². The van der Waals surface area contributed by atoms with Crippen molar-refractivity contribution in [2.75, 3.05) is 47.8 Å². The molecule has 2 aliphatic rings. The molecule has 3 heterocycles. The van der Waals surface area contributed by atoms with Crippen LogP contribution in [0.4, 0.5) is 16.5 Å². The molecule has 1 aromatic heterocycles. The molecule has 0 bridgehead atoms. The Hall–Kier alpha value is -2.16. The number of carbonyl (C=O) groups excluding carboxylic acids is 1. The first-order valence-corrected chi connectivity index (χ1v) is 11.3. The number of carbonyl (C=O) groups is 1. The van der Waals surface area contributed by atoms with Crippen molar-refractivity contribution in [2.45, 2.75) is 31.8 Å². The van der Waals surface area contributed by atoms with Crippen LogP contribution >= 0.6 is 11.3 Å². The molecule has 2 fully saturated rings. The van der Waals surface area contributed by atoms with E-state index < -0.39 is 0 Å². The monoisotopic (exact) mass is 415 g/mol. The molecule has 1 amide bonds. The molecule has 8 heteroatoms. The number of aromatic nitrogens is 1. The number of aliphatic hydroxyl groups excluding tert-OH is 1. The van der Waals surface area contributed by atoms with Gasteiger partial charge in [0.15, 0.2) is 5.13 Å². The Kier molecular flexibility index (Phi) is 6.32. The van der Waals surface area contributed by atoms with Gasteiger partial charge in [0.2, 0.25) is 0 Å². The van der Waals surface area contributed by atoms with Gasteiger partial charge in [0.05, 0.1) is 17.5 Å². The zero-order valence-electron chi connectivity index (χ0n) is 16.6. The number of para-hydroxylation sites is 2. The van der Waals surface area contributed by atoms with E-state index in [2.05, 4.69) is 20.1 Å². The fourth-order valence-corrected chi connectivity index (χ4v) is 4.94. The third kappa shape index (κ3) is 4.71. The Labute approximate surface area is 175 Å². The number of nitrogens with two attached hydrogens (primary N) is 1. The zero-order valence-corrected chi connectivity index (χ0v) is 17.4. The van der Waals surface area contributed by atoms with E-state index in [9.17, 15) is 9.90 Å². The van der Waals surface area contributed by atoms with Gasteiger partial charge < -0.3 is 26.0 Å². The molecule has 29 heavy (non-hydrogen) atoms. The van der Waals surface area contributed by atoms with Crippen LogP contribution in [0.15, 0.2) is 29.6 Å². The average Bonchev–Trinajstić information content (AvgIpc) is 3.25. The Morgan fingerprint density at radius 1 is 1.21 bits per heavy atom. The highest BCUT2D eigenvalue weighted by atomic mass is 32.1. The van der Waals surface area contributed by atoms with Gasteiger partial charge in [0.1, 0.15) is 5.69 Å². The van der Waals surface area contributed by atoms with Gasteiger partial charge in [0, 0.05) is 31.6 Å². The normalized spacial score (nSPS) is 20.7. The lowest BCUT2D eigenvalue weighted by molar-refractivity contribution is 0.102. The molecule has 0 aliphatic carbocycles. The molecule has 1 aromatic carbocycles. The molecule has 2 aliphatic heterocycles. The Bertz CT molecular complexity index is 834. The summed E-state index contributed by atoms with van der Waals surface area (Å²) >= 11 is 1.51. The Balaban J connectivity index is 1.45. The quantitative estimate of drug-likeness (QED) is 0.695. The minimum Gasteiger partial charge on any atom is -0.393 e. The average molecular weight is 416 g/mol. The molecule has 156 valence electrons. The summed E-state index contributed by atoms with van der Waals surface area (Å²) < 4.78 is 0. The zero-order chi connectivity index (χ0) is 20.2. The second-order valence-electron chi connectivity index (χ2n) is 7.89.